The highest BCUT2D eigenvalue weighted by molar-refractivity contribution is 6.09. The van der Waals surface area contributed by atoms with Crippen LogP contribution in [-0.4, -0.2) is 4.57 Å². The van der Waals surface area contributed by atoms with Gasteiger partial charge in [-0.1, -0.05) is 170 Å². The van der Waals surface area contributed by atoms with E-state index in [9.17, 15) is 0 Å². The summed E-state index contributed by atoms with van der Waals surface area (Å²) in [6.45, 7) is 0. The Kier molecular flexibility index (Phi) is 5.86. The van der Waals surface area contributed by atoms with Crippen molar-refractivity contribution in [2.75, 3.05) is 0 Å². The number of rotatable bonds is 4. The van der Waals surface area contributed by atoms with E-state index in [-0.39, 0.29) is 0 Å². The van der Waals surface area contributed by atoms with Crippen LogP contribution in [0.3, 0.4) is 0 Å². The zero-order chi connectivity index (χ0) is 33.6. The number of aromatic nitrogens is 1. The van der Waals surface area contributed by atoms with Gasteiger partial charge in [0, 0.05) is 16.5 Å². The second kappa shape index (κ2) is 10.5. The molecule has 0 saturated heterocycles. The first-order valence-corrected chi connectivity index (χ1v) is 17.9. The van der Waals surface area contributed by atoms with Crippen LogP contribution in [0.2, 0.25) is 0 Å². The molecule has 3 aliphatic rings. The van der Waals surface area contributed by atoms with Crippen molar-refractivity contribution in [3.05, 3.63) is 245 Å². The van der Waals surface area contributed by atoms with Crippen LogP contribution < -0.4 is 0 Å². The van der Waals surface area contributed by atoms with Gasteiger partial charge in [0.05, 0.1) is 21.9 Å². The molecule has 0 N–H and O–H groups in total. The largest absolute Gasteiger partial charge is 0.309 e. The maximum absolute atomic E-state index is 2.50. The molecule has 9 aromatic rings. The predicted molar refractivity (Wildman–Crippen MR) is 210 cm³/mol. The minimum absolute atomic E-state index is 0.431. The lowest BCUT2D eigenvalue weighted by molar-refractivity contribution is 0.557. The summed E-state index contributed by atoms with van der Waals surface area (Å²) in [7, 11) is 0. The molecule has 0 aliphatic heterocycles. The summed E-state index contributed by atoms with van der Waals surface area (Å²) in [6, 6.07) is 74.6. The fraction of sp³-hybridized carbons (Fsp3) is 0.0400. The second-order valence-corrected chi connectivity index (χ2v) is 14.0. The Balaban J connectivity index is 1.17. The average molecular weight is 648 g/mol. The van der Waals surface area contributed by atoms with Gasteiger partial charge in [0.1, 0.15) is 0 Å². The monoisotopic (exact) mass is 647 g/mol. The molecule has 0 amide bonds. The normalized spacial score (nSPS) is 18.4. The van der Waals surface area contributed by atoms with Gasteiger partial charge in [-0.15, -0.1) is 0 Å². The summed E-state index contributed by atoms with van der Waals surface area (Å²) < 4.78 is 2.39. The second-order valence-electron chi connectivity index (χ2n) is 14.0. The van der Waals surface area contributed by atoms with E-state index in [1.54, 1.807) is 0 Å². The van der Waals surface area contributed by atoms with E-state index in [0.29, 0.717) is 0 Å². The third-order valence-electron chi connectivity index (χ3n) is 11.8. The van der Waals surface area contributed by atoms with Crippen LogP contribution in [0.15, 0.2) is 200 Å². The average Bonchev–Trinajstić information content (AvgIpc) is 3.55. The Hall–Kier alpha value is -6.44. The van der Waals surface area contributed by atoms with Crippen LogP contribution in [-0.2, 0) is 10.8 Å². The quantitative estimate of drug-likeness (QED) is 0.179. The molecule has 12 rings (SSSR count). The lowest BCUT2D eigenvalue weighted by Crippen LogP contribution is -2.51. The first kappa shape index (κ1) is 28.4. The fourth-order valence-electron chi connectivity index (χ4n) is 9.82. The Labute approximate surface area is 297 Å². The molecule has 0 spiro atoms. The van der Waals surface area contributed by atoms with E-state index in [1.807, 2.05) is 0 Å². The molecule has 51 heavy (non-hydrogen) atoms. The lowest BCUT2D eigenvalue weighted by atomic mass is 9.44. The topological polar surface area (TPSA) is 4.93 Å². The van der Waals surface area contributed by atoms with E-state index in [4.69, 9.17) is 0 Å². The van der Waals surface area contributed by atoms with Crippen LogP contribution in [0.25, 0.3) is 38.6 Å². The number of hydrogen-bond donors (Lipinski definition) is 0. The summed E-state index contributed by atoms with van der Waals surface area (Å²) >= 11 is 0. The minimum atomic E-state index is -0.459. The van der Waals surface area contributed by atoms with Crippen molar-refractivity contribution in [2.45, 2.75) is 10.8 Å². The number of hydrogen-bond acceptors (Lipinski definition) is 0. The molecular formula is C50H33N. The minimum Gasteiger partial charge on any atom is -0.309 e. The summed E-state index contributed by atoms with van der Waals surface area (Å²) in [5.74, 6) is 0. The summed E-state index contributed by atoms with van der Waals surface area (Å²) in [5, 5.41) is 2.56. The smallest absolute Gasteiger partial charge is 0.0711 e. The first-order chi connectivity index (χ1) is 25.3. The summed E-state index contributed by atoms with van der Waals surface area (Å²) in [6.07, 6.45) is 0. The number of para-hydroxylation sites is 2. The van der Waals surface area contributed by atoms with Gasteiger partial charge in [-0.3, -0.25) is 0 Å². The SMILES string of the molecule is c1ccc(C23c4ccccc4C(c4ccccc4)(c4ccccc42)c2cc(-c4ccc(-n5c6ccccc6c6ccccc65)cc4)ccc23)cc1. The van der Waals surface area contributed by atoms with Gasteiger partial charge < -0.3 is 4.57 Å². The van der Waals surface area contributed by atoms with Gasteiger partial charge in [0.2, 0.25) is 0 Å². The summed E-state index contributed by atoms with van der Waals surface area (Å²) in [4.78, 5) is 0. The standard InChI is InChI=1S/C50H33N/c1-3-15-36(16-4-1)49-41-21-9-11-23-43(41)50(37-17-5-2-6-18-37,44-24-12-10-22-42(44)49)46-33-35(29-32-45(46)49)34-27-30-38(31-28-34)51-47-25-13-7-19-39(47)40-20-8-14-26-48(40)51/h1-33H. The van der Waals surface area contributed by atoms with Crippen molar-refractivity contribution in [3.8, 4) is 16.8 Å². The molecule has 3 aliphatic carbocycles. The van der Waals surface area contributed by atoms with E-state index >= 15 is 0 Å². The molecule has 1 aromatic heterocycles. The molecule has 8 aromatic carbocycles. The van der Waals surface area contributed by atoms with Gasteiger partial charge in [0.15, 0.2) is 0 Å². The van der Waals surface area contributed by atoms with Crippen molar-refractivity contribution in [1.29, 1.82) is 0 Å². The predicted octanol–water partition coefficient (Wildman–Crippen LogP) is 11.8. The van der Waals surface area contributed by atoms with Crippen molar-refractivity contribution >= 4 is 21.8 Å². The molecule has 0 unspecified atom stereocenters. The first-order valence-electron chi connectivity index (χ1n) is 17.9. The molecule has 0 radical (unpaired) electrons. The molecule has 1 heterocycles. The van der Waals surface area contributed by atoms with Gasteiger partial charge in [0.25, 0.3) is 0 Å². The Morgan fingerprint density at radius 3 is 1.20 bits per heavy atom. The van der Waals surface area contributed by atoms with Crippen LogP contribution >= 0.6 is 0 Å². The Bertz CT molecular complexity index is 2690. The van der Waals surface area contributed by atoms with Crippen molar-refractivity contribution in [2.24, 2.45) is 0 Å². The molecule has 0 saturated carbocycles. The molecule has 1 heteroatoms. The maximum Gasteiger partial charge on any atom is 0.0711 e. The van der Waals surface area contributed by atoms with E-state index in [2.05, 4.69) is 205 Å². The van der Waals surface area contributed by atoms with Crippen LogP contribution in [0, 0.1) is 0 Å². The van der Waals surface area contributed by atoms with Crippen LogP contribution in [0.1, 0.15) is 44.5 Å². The van der Waals surface area contributed by atoms with Gasteiger partial charge in [-0.2, -0.15) is 0 Å². The fourth-order valence-corrected chi connectivity index (χ4v) is 9.82. The van der Waals surface area contributed by atoms with Crippen LogP contribution in [0.5, 0.6) is 0 Å². The molecule has 2 bridgehead atoms. The highest BCUT2D eigenvalue weighted by atomic mass is 15.0. The van der Waals surface area contributed by atoms with Gasteiger partial charge in [-0.25, -0.2) is 0 Å². The van der Waals surface area contributed by atoms with Gasteiger partial charge in [-0.05, 0) is 86.0 Å². The lowest BCUT2D eigenvalue weighted by Gasteiger charge is -2.57. The van der Waals surface area contributed by atoms with Gasteiger partial charge >= 0.3 is 0 Å². The zero-order valence-corrected chi connectivity index (χ0v) is 28.0. The van der Waals surface area contributed by atoms with Crippen molar-refractivity contribution in [1.82, 2.24) is 4.57 Å². The molecule has 0 atom stereocenters. The van der Waals surface area contributed by atoms with E-state index < -0.39 is 10.8 Å². The molecular weight excluding hydrogens is 615 g/mol. The van der Waals surface area contributed by atoms with Crippen molar-refractivity contribution < 1.29 is 0 Å². The number of benzene rings is 8. The highest BCUT2D eigenvalue weighted by Crippen LogP contribution is 2.66. The molecule has 0 fully saturated rings. The zero-order valence-electron chi connectivity index (χ0n) is 28.0. The van der Waals surface area contributed by atoms with E-state index in [1.165, 1.54) is 83.1 Å². The number of fused-ring (bicyclic) bond motifs is 3. The Morgan fingerprint density at radius 1 is 0.294 bits per heavy atom. The number of nitrogens with zero attached hydrogens (tertiary/aromatic N) is 1. The van der Waals surface area contributed by atoms with Crippen LogP contribution in [0.4, 0.5) is 0 Å². The Morgan fingerprint density at radius 2 is 0.686 bits per heavy atom. The van der Waals surface area contributed by atoms with E-state index in [0.717, 1.165) is 0 Å². The summed E-state index contributed by atoms with van der Waals surface area (Å²) in [5.41, 5.74) is 16.0. The third-order valence-corrected chi connectivity index (χ3v) is 11.8. The highest BCUT2D eigenvalue weighted by Gasteiger charge is 2.59. The maximum atomic E-state index is 2.50. The molecule has 1 nitrogen and oxygen atoms in total. The third kappa shape index (κ3) is 3.60. The molecule has 238 valence electrons. The van der Waals surface area contributed by atoms with Crippen molar-refractivity contribution in [3.63, 3.8) is 0 Å².